The number of benzene rings is 1. The van der Waals surface area contributed by atoms with Crippen molar-refractivity contribution < 1.29 is 4.79 Å². The molecule has 25 heavy (non-hydrogen) atoms. The number of pyridine rings is 1. The topological polar surface area (TPSA) is 63.1 Å². The molecule has 3 heterocycles. The van der Waals surface area contributed by atoms with E-state index >= 15 is 0 Å². The summed E-state index contributed by atoms with van der Waals surface area (Å²) in [6.45, 7) is 3.94. The molecule has 2 aliphatic rings. The number of aromatic nitrogens is 1. The molecule has 0 radical (unpaired) electrons. The molecule has 1 aromatic carbocycles. The Balaban J connectivity index is 1.67. The molecular weight excluding hydrogens is 314 g/mol. The molecule has 5 nitrogen and oxygen atoms in total. The summed E-state index contributed by atoms with van der Waals surface area (Å²) in [5.74, 6) is -0.239. The van der Waals surface area contributed by atoms with Crippen LogP contribution >= 0.6 is 0 Å². The lowest BCUT2D eigenvalue weighted by Crippen LogP contribution is -2.48. The van der Waals surface area contributed by atoms with Gasteiger partial charge < -0.3 is 15.2 Å². The van der Waals surface area contributed by atoms with Crippen molar-refractivity contribution in [3.05, 3.63) is 46.2 Å². The van der Waals surface area contributed by atoms with Crippen LogP contribution in [-0.2, 0) is 0 Å². The molecule has 0 spiro atoms. The van der Waals surface area contributed by atoms with Gasteiger partial charge in [0.25, 0.3) is 11.5 Å². The number of nitrogens with one attached hydrogen (secondary N) is 2. The van der Waals surface area contributed by atoms with Gasteiger partial charge >= 0.3 is 0 Å². The number of piperidine rings is 1. The van der Waals surface area contributed by atoms with Gasteiger partial charge in [-0.05, 0) is 57.0 Å². The third kappa shape index (κ3) is 2.97. The van der Waals surface area contributed by atoms with Crippen molar-refractivity contribution in [2.75, 3.05) is 0 Å². The molecule has 4 rings (SSSR count). The van der Waals surface area contributed by atoms with Crippen LogP contribution in [0.1, 0.15) is 55.9 Å². The van der Waals surface area contributed by atoms with Crippen LogP contribution in [0.15, 0.2) is 35.1 Å². The number of carbonyl (C=O) groups excluding carboxylic acids is 1. The third-order valence-corrected chi connectivity index (χ3v) is 5.51. The second-order valence-electron chi connectivity index (χ2n) is 7.67. The predicted octanol–water partition coefficient (Wildman–Crippen LogP) is 2.60. The number of hydrogen-bond donors (Lipinski definition) is 2. The van der Waals surface area contributed by atoms with Gasteiger partial charge in [-0.25, -0.2) is 0 Å². The standard InChI is InChI=1S/C20H25N3O2/c1-12(2)23-18-6-4-3-5-13(18)9-17(20(23)25)19(24)22-16-10-14-7-8-15(11-16)21-14/h3-6,9,12,14-16,21H,7-8,10-11H2,1-2H3,(H,22,24)/t14-,15+,16?. The molecule has 2 N–H and O–H groups in total. The molecule has 1 unspecified atom stereocenters. The van der Waals surface area contributed by atoms with Crippen LogP contribution in [-0.4, -0.2) is 28.6 Å². The molecule has 3 atom stereocenters. The molecule has 2 fully saturated rings. The van der Waals surface area contributed by atoms with Crippen LogP contribution in [0.25, 0.3) is 10.9 Å². The Hall–Kier alpha value is -2.14. The lowest BCUT2D eigenvalue weighted by atomic mass is 9.99. The van der Waals surface area contributed by atoms with Crippen LogP contribution in [0, 0.1) is 0 Å². The van der Waals surface area contributed by atoms with E-state index in [9.17, 15) is 9.59 Å². The highest BCUT2D eigenvalue weighted by Gasteiger charge is 2.34. The monoisotopic (exact) mass is 339 g/mol. The van der Waals surface area contributed by atoms with E-state index in [1.165, 1.54) is 12.8 Å². The highest BCUT2D eigenvalue weighted by Crippen LogP contribution is 2.27. The molecule has 0 saturated carbocycles. The summed E-state index contributed by atoms with van der Waals surface area (Å²) in [6, 6.07) is 10.7. The highest BCUT2D eigenvalue weighted by molar-refractivity contribution is 5.97. The van der Waals surface area contributed by atoms with Crippen molar-refractivity contribution in [1.29, 1.82) is 0 Å². The minimum Gasteiger partial charge on any atom is -0.349 e. The molecule has 2 saturated heterocycles. The molecule has 0 aliphatic carbocycles. The number of rotatable bonds is 3. The van der Waals surface area contributed by atoms with Gasteiger partial charge in [-0.3, -0.25) is 9.59 Å². The maximum Gasteiger partial charge on any atom is 0.264 e. The van der Waals surface area contributed by atoms with Gasteiger partial charge in [-0.15, -0.1) is 0 Å². The van der Waals surface area contributed by atoms with E-state index < -0.39 is 0 Å². The fourth-order valence-electron chi connectivity index (χ4n) is 4.40. The number of fused-ring (bicyclic) bond motifs is 3. The summed E-state index contributed by atoms with van der Waals surface area (Å²) in [4.78, 5) is 25.8. The Morgan fingerprint density at radius 3 is 2.56 bits per heavy atom. The van der Waals surface area contributed by atoms with E-state index in [2.05, 4.69) is 10.6 Å². The van der Waals surface area contributed by atoms with E-state index in [0.29, 0.717) is 12.1 Å². The van der Waals surface area contributed by atoms with Crippen molar-refractivity contribution in [2.45, 2.75) is 63.7 Å². The zero-order valence-corrected chi connectivity index (χ0v) is 14.8. The Bertz CT molecular complexity index is 859. The van der Waals surface area contributed by atoms with Crippen molar-refractivity contribution in [3.8, 4) is 0 Å². The van der Waals surface area contributed by atoms with Crippen LogP contribution in [0.2, 0.25) is 0 Å². The Morgan fingerprint density at radius 2 is 1.88 bits per heavy atom. The van der Waals surface area contributed by atoms with Crippen LogP contribution < -0.4 is 16.2 Å². The third-order valence-electron chi connectivity index (χ3n) is 5.51. The molecule has 2 aliphatic heterocycles. The van der Waals surface area contributed by atoms with E-state index in [1.807, 2.05) is 38.1 Å². The number of para-hydroxylation sites is 1. The van der Waals surface area contributed by atoms with Gasteiger partial charge in [0.1, 0.15) is 5.56 Å². The summed E-state index contributed by atoms with van der Waals surface area (Å²) >= 11 is 0. The van der Waals surface area contributed by atoms with E-state index in [0.717, 1.165) is 23.7 Å². The second kappa shape index (κ2) is 6.30. The lowest BCUT2D eigenvalue weighted by Gasteiger charge is -2.29. The van der Waals surface area contributed by atoms with Gasteiger partial charge in [0.05, 0.1) is 5.52 Å². The molecular formula is C20H25N3O2. The average Bonchev–Trinajstić information content (AvgIpc) is 2.92. The van der Waals surface area contributed by atoms with Crippen LogP contribution in [0.3, 0.4) is 0 Å². The highest BCUT2D eigenvalue weighted by atomic mass is 16.2. The first-order chi connectivity index (χ1) is 12.0. The summed E-state index contributed by atoms with van der Waals surface area (Å²) in [5, 5.41) is 7.61. The lowest BCUT2D eigenvalue weighted by molar-refractivity contribution is 0.0922. The SMILES string of the molecule is CC(C)n1c(=O)c(C(=O)NC2C[C@H]3CC[C@@H](C2)N3)cc2ccccc21. The zero-order valence-electron chi connectivity index (χ0n) is 14.8. The van der Waals surface area contributed by atoms with E-state index in [1.54, 1.807) is 10.6 Å². The van der Waals surface area contributed by atoms with Gasteiger partial charge in [0, 0.05) is 24.2 Å². The van der Waals surface area contributed by atoms with Crippen LogP contribution in [0.5, 0.6) is 0 Å². The second-order valence-corrected chi connectivity index (χ2v) is 7.67. The zero-order chi connectivity index (χ0) is 17.6. The molecule has 1 aromatic heterocycles. The fraction of sp³-hybridized carbons (Fsp3) is 0.500. The van der Waals surface area contributed by atoms with E-state index in [-0.39, 0.29) is 29.1 Å². The molecule has 1 amide bonds. The quantitative estimate of drug-likeness (QED) is 0.903. The van der Waals surface area contributed by atoms with Crippen molar-refractivity contribution >= 4 is 16.8 Å². The molecule has 5 heteroatoms. The van der Waals surface area contributed by atoms with Crippen molar-refractivity contribution in [1.82, 2.24) is 15.2 Å². The maximum absolute atomic E-state index is 12.9. The Morgan fingerprint density at radius 1 is 1.20 bits per heavy atom. The Labute approximate surface area is 147 Å². The smallest absolute Gasteiger partial charge is 0.264 e. The van der Waals surface area contributed by atoms with Gasteiger partial charge in [-0.2, -0.15) is 0 Å². The van der Waals surface area contributed by atoms with Gasteiger partial charge in [0.15, 0.2) is 0 Å². The van der Waals surface area contributed by atoms with Gasteiger partial charge in [0.2, 0.25) is 0 Å². The van der Waals surface area contributed by atoms with E-state index in [4.69, 9.17) is 0 Å². The minimum absolute atomic E-state index is 0.000116. The number of hydrogen-bond acceptors (Lipinski definition) is 3. The number of carbonyl (C=O) groups is 1. The fourth-order valence-corrected chi connectivity index (χ4v) is 4.40. The number of amides is 1. The number of nitrogens with zero attached hydrogens (tertiary/aromatic N) is 1. The largest absolute Gasteiger partial charge is 0.349 e. The summed E-state index contributed by atoms with van der Waals surface area (Å²) in [5.41, 5.74) is 0.917. The first-order valence-electron chi connectivity index (χ1n) is 9.24. The van der Waals surface area contributed by atoms with Crippen molar-refractivity contribution in [3.63, 3.8) is 0 Å². The average molecular weight is 339 g/mol. The van der Waals surface area contributed by atoms with Crippen molar-refractivity contribution in [2.24, 2.45) is 0 Å². The summed E-state index contributed by atoms with van der Waals surface area (Å²) < 4.78 is 1.72. The summed E-state index contributed by atoms with van der Waals surface area (Å²) in [7, 11) is 0. The molecule has 2 aromatic rings. The predicted molar refractivity (Wildman–Crippen MR) is 99.0 cm³/mol. The minimum atomic E-state index is -0.239. The maximum atomic E-state index is 12.9. The Kier molecular flexibility index (Phi) is 4.12. The normalized spacial score (nSPS) is 25.5. The summed E-state index contributed by atoms with van der Waals surface area (Å²) in [6.07, 6.45) is 4.28. The molecule has 132 valence electrons. The first-order valence-corrected chi connectivity index (χ1v) is 9.24. The molecule has 2 bridgehead atoms. The van der Waals surface area contributed by atoms with Crippen LogP contribution in [0.4, 0.5) is 0 Å². The van der Waals surface area contributed by atoms with Gasteiger partial charge in [-0.1, -0.05) is 18.2 Å². The first kappa shape index (κ1) is 16.3.